The molecule has 0 atom stereocenters. The second kappa shape index (κ2) is 6.66. The van der Waals surface area contributed by atoms with Crippen molar-refractivity contribution in [2.45, 2.75) is 13.8 Å². The van der Waals surface area contributed by atoms with Gasteiger partial charge in [-0.1, -0.05) is 60.7 Å². The highest BCUT2D eigenvalue weighted by Gasteiger charge is 2.41. The van der Waals surface area contributed by atoms with Crippen molar-refractivity contribution in [3.05, 3.63) is 60.7 Å². The lowest BCUT2D eigenvalue weighted by molar-refractivity contribution is 0.208. The normalized spacial score (nSPS) is 11.5. The molecule has 2 aromatic rings. The first kappa shape index (κ1) is 14.0. The lowest BCUT2D eigenvalue weighted by Crippen LogP contribution is -2.63. The van der Waals surface area contributed by atoms with Crippen molar-refractivity contribution in [3.63, 3.8) is 0 Å². The molecular formula is C16H20O2Si. The average Bonchev–Trinajstić information content (AvgIpc) is 2.49. The summed E-state index contributed by atoms with van der Waals surface area (Å²) in [6, 6.07) is 20.6. The Bertz CT molecular complexity index is 437. The SMILES string of the molecule is CCO[Si](OCC)(c1ccccc1)c1ccccc1. The molecule has 3 heteroatoms. The Hall–Kier alpha value is -1.42. The molecule has 0 spiro atoms. The zero-order chi connectivity index (χ0) is 13.6. The highest BCUT2D eigenvalue weighted by atomic mass is 28.4. The lowest BCUT2D eigenvalue weighted by Gasteiger charge is -2.30. The quantitative estimate of drug-likeness (QED) is 0.751. The topological polar surface area (TPSA) is 18.5 Å². The highest BCUT2D eigenvalue weighted by Crippen LogP contribution is 2.09. The summed E-state index contributed by atoms with van der Waals surface area (Å²) in [7, 11) is -2.55. The molecule has 0 unspecified atom stereocenters. The minimum Gasteiger partial charge on any atom is -0.388 e. The summed E-state index contributed by atoms with van der Waals surface area (Å²) in [5.74, 6) is 0. The van der Waals surface area contributed by atoms with Crippen molar-refractivity contribution >= 4 is 18.9 Å². The van der Waals surface area contributed by atoms with Crippen LogP contribution in [0, 0.1) is 0 Å². The molecule has 0 saturated heterocycles. The van der Waals surface area contributed by atoms with E-state index < -0.39 is 8.56 Å². The molecule has 0 bridgehead atoms. The van der Waals surface area contributed by atoms with Gasteiger partial charge in [0.15, 0.2) is 0 Å². The molecule has 0 N–H and O–H groups in total. The first-order chi connectivity index (χ1) is 9.33. The first-order valence-corrected chi connectivity index (χ1v) is 8.54. The van der Waals surface area contributed by atoms with Crippen LogP contribution in [0.3, 0.4) is 0 Å². The fourth-order valence-electron chi connectivity index (χ4n) is 2.26. The van der Waals surface area contributed by atoms with Gasteiger partial charge >= 0.3 is 8.56 Å². The third-order valence-corrected chi connectivity index (χ3v) is 6.58. The molecule has 2 nitrogen and oxygen atoms in total. The summed E-state index contributed by atoms with van der Waals surface area (Å²) in [6.07, 6.45) is 0. The molecule has 2 aromatic carbocycles. The van der Waals surface area contributed by atoms with E-state index in [1.165, 1.54) is 0 Å². The molecule has 0 aliphatic rings. The van der Waals surface area contributed by atoms with Gasteiger partial charge in [-0.2, -0.15) is 0 Å². The summed E-state index contributed by atoms with van der Waals surface area (Å²) in [5.41, 5.74) is 0. The number of hydrogen-bond acceptors (Lipinski definition) is 2. The van der Waals surface area contributed by atoms with Crippen molar-refractivity contribution in [1.82, 2.24) is 0 Å². The van der Waals surface area contributed by atoms with Crippen LogP contribution < -0.4 is 10.4 Å². The summed E-state index contributed by atoms with van der Waals surface area (Å²) in [5, 5.41) is 2.31. The smallest absolute Gasteiger partial charge is 0.388 e. The molecule has 0 radical (unpaired) electrons. The molecular weight excluding hydrogens is 252 g/mol. The van der Waals surface area contributed by atoms with Crippen LogP contribution in [0.15, 0.2) is 60.7 Å². The van der Waals surface area contributed by atoms with E-state index in [4.69, 9.17) is 8.85 Å². The van der Waals surface area contributed by atoms with Gasteiger partial charge in [-0.15, -0.1) is 0 Å². The zero-order valence-electron chi connectivity index (χ0n) is 11.5. The fourth-order valence-corrected chi connectivity index (χ4v) is 5.42. The van der Waals surface area contributed by atoms with E-state index >= 15 is 0 Å². The molecule has 0 amide bonds. The maximum atomic E-state index is 6.16. The third kappa shape index (κ3) is 2.95. The lowest BCUT2D eigenvalue weighted by atomic mass is 10.4. The van der Waals surface area contributed by atoms with Crippen LogP contribution in [0.25, 0.3) is 0 Å². The summed E-state index contributed by atoms with van der Waals surface area (Å²) >= 11 is 0. The van der Waals surface area contributed by atoms with Crippen molar-refractivity contribution in [3.8, 4) is 0 Å². The first-order valence-electron chi connectivity index (χ1n) is 6.72. The predicted octanol–water partition coefficient (Wildman–Crippen LogP) is 2.32. The Morgan fingerprint density at radius 1 is 0.684 bits per heavy atom. The molecule has 0 heterocycles. The maximum absolute atomic E-state index is 6.16. The van der Waals surface area contributed by atoms with E-state index in [9.17, 15) is 0 Å². The standard InChI is InChI=1S/C16H20O2Si/c1-3-17-19(18-4-2,15-11-7-5-8-12-15)16-13-9-6-10-14-16/h5-14H,3-4H2,1-2H3. The van der Waals surface area contributed by atoms with Gasteiger partial charge in [0, 0.05) is 13.2 Å². The van der Waals surface area contributed by atoms with Crippen molar-refractivity contribution in [1.29, 1.82) is 0 Å². The molecule has 100 valence electrons. The van der Waals surface area contributed by atoms with Crippen LogP contribution in [-0.2, 0) is 8.85 Å². The fraction of sp³-hybridized carbons (Fsp3) is 0.250. The van der Waals surface area contributed by atoms with Crippen LogP contribution in [0.4, 0.5) is 0 Å². The van der Waals surface area contributed by atoms with Gasteiger partial charge in [0.1, 0.15) is 0 Å². The van der Waals surface area contributed by atoms with Crippen LogP contribution in [0.5, 0.6) is 0 Å². The Morgan fingerprint density at radius 3 is 1.37 bits per heavy atom. The molecule has 0 aliphatic carbocycles. The van der Waals surface area contributed by atoms with Gasteiger partial charge in [-0.25, -0.2) is 0 Å². The summed E-state index contributed by atoms with van der Waals surface area (Å²) in [4.78, 5) is 0. The number of hydrogen-bond donors (Lipinski definition) is 0. The number of benzene rings is 2. The minimum absolute atomic E-state index is 0.649. The minimum atomic E-state index is -2.55. The molecule has 0 fully saturated rings. The molecule has 0 aliphatic heterocycles. The number of rotatable bonds is 6. The van der Waals surface area contributed by atoms with E-state index in [-0.39, 0.29) is 0 Å². The van der Waals surface area contributed by atoms with E-state index in [0.717, 1.165) is 10.4 Å². The predicted molar refractivity (Wildman–Crippen MR) is 81.2 cm³/mol. The largest absolute Gasteiger partial charge is 0.407 e. The van der Waals surface area contributed by atoms with Gasteiger partial charge < -0.3 is 8.85 Å². The Balaban J connectivity index is 2.54. The Morgan fingerprint density at radius 2 is 1.05 bits per heavy atom. The van der Waals surface area contributed by atoms with Gasteiger partial charge in [-0.3, -0.25) is 0 Å². The van der Waals surface area contributed by atoms with Gasteiger partial charge in [0.25, 0.3) is 0 Å². The zero-order valence-corrected chi connectivity index (χ0v) is 12.5. The summed E-state index contributed by atoms with van der Waals surface area (Å²) in [6.45, 7) is 5.34. The van der Waals surface area contributed by atoms with Crippen LogP contribution >= 0.6 is 0 Å². The average molecular weight is 272 g/mol. The van der Waals surface area contributed by atoms with Gasteiger partial charge in [-0.05, 0) is 24.2 Å². The van der Waals surface area contributed by atoms with Crippen molar-refractivity contribution in [2.75, 3.05) is 13.2 Å². The van der Waals surface area contributed by atoms with E-state index in [0.29, 0.717) is 13.2 Å². The molecule has 0 aromatic heterocycles. The van der Waals surface area contributed by atoms with E-state index in [2.05, 4.69) is 24.3 Å². The monoisotopic (exact) mass is 272 g/mol. The van der Waals surface area contributed by atoms with Crippen LogP contribution in [0.1, 0.15) is 13.8 Å². The van der Waals surface area contributed by atoms with E-state index in [1.54, 1.807) is 0 Å². The molecule has 2 rings (SSSR count). The second-order valence-corrected chi connectivity index (χ2v) is 7.18. The Kier molecular flexibility index (Phi) is 4.91. The van der Waals surface area contributed by atoms with E-state index in [1.807, 2.05) is 50.2 Å². The van der Waals surface area contributed by atoms with Crippen molar-refractivity contribution < 1.29 is 8.85 Å². The maximum Gasteiger partial charge on any atom is 0.407 e. The Labute approximate surface area is 116 Å². The van der Waals surface area contributed by atoms with Gasteiger partial charge in [0.05, 0.1) is 0 Å². The summed E-state index contributed by atoms with van der Waals surface area (Å²) < 4.78 is 12.3. The van der Waals surface area contributed by atoms with Crippen LogP contribution in [-0.4, -0.2) is 21.8 Å². The van der Waals surface area contributed by atoms with Crippen LogP contribution in [0.2, 0.25) is 0 Å². The molecule has 19 heavy (non-hydrogen) atoms. The van der Waals surface area contributed by atoms with Crippen molar-refractivity contribution in [2.24, 2.45) is 0 Å². The second-order valence-electron chi connectivity index (χ2n) is 4.21. The highest BCUT2D eigenvalue weighted by molar-refractivity contribution is 6.92. The third-order valence-electron chi connectivity index (χ3n) is 3.00. The van der Waals surface area contributed by atoms with Gasteiger partial charge in [0.2, 0.25) is 0 Å². The molecule has 0 saturated carbocycles.